The minimum atomic E-state index is -0.155. The molecule has 1 aromatic carbocycles. The lowest BCUT2D eigenvalue weighted by molar-refractivity contribution is 0.248. The summed E-state index contributed by atoms with van der Waals surface area (Å²) >= 11 is 0. The van der Waals surface area contributed by atoms with Crippen LogP contribution in [0.15, 0.2) is 24.3 Å². The van der Waals surface area contributed by atoms with Crippen molar-refractivity contribution in [2.45, 2.75) is 32.4 Å². The fourth-order valence-corrected chi connectivity index (χ4v) is 2.57. The Morgan fingerprint density at radius 2 is 2.18 bits per heavy atom. The standard InChI is InChI=1S/C14H21FN2/c1-10(16)13-6-7-17(9-13)11(2)12-4-3-5-14(15)8-12/h3-5,8,10-11,13H,6-7,9,16H2,1-2H3. The maximum absolute atomic E-state index is 13.2. The van der Waals surface area contributed by atoms with Gasteiger partial charge >= 0.3 is 0 Å². The largest absolute Gasteiger partial charge is 0.328 e. The summed E-state index contributed by atoms with van der Waals surface area (Å²) in [5, 5.41) is 0. The van der Waals surface area contributed by atoms with Crippen LogP contribution in [0.1, 0.15) is 31.9 Å². The molecule has 1 aromatic rings. The first-order valence-corrected chi connectivity index (χ1v) is 6.33. The number of rotatable bonds is 3. The summed E-state index contributed by atoms with van der Waals surface area (Å²) in [6.45, 7) is 6.29. The Hall–Kier alpha value is -0.930. The molecule has 1 aliphatic rings. The fraction of sp³-hybridized carbons (Fsp3) is 0.571. The Bertz CT molecular complexity index is 378. The molecule has 0 amide bonds. The second kappa shape index (κ2) is 5.15. The molecule has 0 radical (unpaired) electrons. The van der Waals surface area contributed by atoms with Crippen LogP contribution in [0.25, 0.3) is 0 Å². The topological polar surface area (TPSA) is 29.3 Å². The number of nitrogens with zero attached hydrogens (tertiary/aromatic N) is 1. The van der Waals surface area contributed by atoms with E-state index in [9.17, 15) is 4.39 Å². The molecular weight excluding hydrogens is 215 g/mol. The number of hydrogen-bond acceptors (Lipinski definition) is 2. The number of likely N-dealkylation sites (tertiary alicyclic amines) is 1. The van der Waals surface area contributed by atoms with Gasteiger partial charge in [0.1, 0.15) is 5.82 Å². The molecule has 0 aliphatic carbocycles. The van der Waals surface area contributed by atoms with Gasteiger partial charge in [-0.1, -0.05) is 12.1 Å². The van der Waals surface area contributed by atoms with Crippen LogP contribution in [-0.2, 0) is 0 Å². The molecule has 2 nitrogen and oxygen atoms in total. The van der Waals surface area contributed by atoms with Gasteiger partial charge in [0.2, 0.25) is 0 Å². The van der Waals surface area contributed by atoms with E-state index in [4.69, 9.17) is 5.73 Å². The lowest BCUT2D eigenvalue weighted by atomic mass is 10.0. The van der Waals surface area contributed by atoms with Crippen molar-refractivity contribution in [3.05, 3.63) is 35.6 Å². The zero-order valence-electron chi connectivity index (χ0n) is 10.6. The van der Waals surface area contributed by atoms with Crippen molar-refractivity contribution in [1.82, 2.24) is 4.90 Å². The van der Waals surface area contributed by atoms with Crippen LogP contribution in [0.4, 0.5) is 4.39 Å². The van der Waals surface area contributed by atoms with Gasteiger partial charge in [0, 0.05) is 18.6 Å². The van der Waals surface area contributed by atoms with Gasteiger partial charge < -0.3 is 5.73 Å². The van der Waals surface area contributed by atoms with Gasteiger partial charge in [0.15, 0.2) is 0 Å². The highest BCUT2D eigenvalue weighted by molar-refractivity contribution is 5.20. The Labute approximate surface area is 103 Å². The van der Waals surface area contributed by atoms with E-state index < -0.39 is 0 Å². The van der Waals surface area contributed by atoms with E-state index in [0.717, 1.165) is 25.1 Å². The van der Waals surface area contributed by atoms with E-state index >= 15 is 0 Å². The summed E-state index contributed by atoms with van der Waals surface area (Å²) in [5.41, 5.74) is 6.99. The first-order chi connectivity index (χ1) is 8.08. The van der Waals surface area contributed by atoms with E-state index in [2.05, 4.69) is 18.7 Å². The highest BCUT2D eigenvalue weighted by Gasteiger charge is 2.28. The van der Waals surface area contributed by atoms with Crippen LogP contribution in [0.5, 0.6) is 0 Å². The van der Waals surface area contributed by atoms with Gasteiger partial charge in [-0.3, -0.25) is 4.90 Å². The summed E-state index contributed by atoms with van der Waals surface area (Å²) in [5.74, 6) is 0.420. The van der Waals surface area contributed by atoms with Crippen LogP contribution >= 0.6 is 0 Å². The first-order valence-electron chi connectivity index (χ1n) is 6.33. The second-order valence-electron chi connectivity index (χ2n) is 5.13. The molecule has 1 fully saturated rings. The third kappa shape index (κ3) is 2.85. The lowest BCUT2D eigenvalue weighted by Gasteiger charge is -2.25. The predicted octanol–water partition coefficient (Wildman–Crippen LogP) is 2.56. The van der Waals surface area contributed by atoms with E-state index in [1.54, 1.807) is 12.1 Å². The summed E-state index contributed by atoms with van der Waals surface area (Å²) < 4.78 is 13.2. The first kappa shape index (κ1) is 12.5. The smallest absolute Gasteiger partial charge is 0.123 e. The average Bonchev–Trinajstić information content (AvgIpc) is 2.77. The van der Waals surface area contributed by atoms with Gasteiger partial charge in [-0.25, -0.2) is 4.39 Å². The zero-order chi connectivity index (χ0) is 12.4. The van der Waals surface area contributed by atoms with Gasteiger partial charge in [-0.05, 0) is 50.4 Å². The molecule has 3 unspecified atom stereocenters. The highest BCUT2D eigenvalue weighted by atomic mass is 19.1. The molecule has 0 aromatic heterocycles. The summed E-state index contributed by atoms with van der Waals surface area (Å²) in [4.78, 5) is 2.39. The average molecular weight is 236 g/mol. The fourth-order valence-electron chi connectivity index (χ4n) is 2.57. The molecule has 2 rings (SSSR count). The van der Waals surface area contributed by atoms with E-state index in [1.165, 1.54) is 6.07 Å². The summed E-state index contributed by atoms with van der Waals surface area (Å²) in [6.07, 6.45) is 1.15. The molecule has 0 bridgehead atoms. The molecule has 2 N–H and O–H groups in total. The molecular formula is C14H21FN2. The van der Waals surface area contributed by atoms with Gasteiger partial charge in [0.05, 0.1) is 0 Å². The lowest BCUT2D eigenvalue weighted by Crippen LogP contribution is -2.31. The van der Waals surface area contributed by atoms with E-state index in [1.807, 2.05) is 6.07 Å². The molecule has 17 heavy (non-hydrogen) atoms. The van der Waals surface area contributed by atoms with Gasteiger partial charge in [0.25, 0.3) is 0 Å². The SMILES string of the molecule is CC(N)C1CCN(C(C)c2cccc(F)c2)C1. The van der Waals surface area contributed by atoms with Crippen LogP contribution in [0, 0.1) is 11.7 Å². The van der Waals surface area contributed by atoms with Crippen molar-refractivity contribution in [2.24, 2.45) is 11.7 Å². The normalized spacial score (nSPS) is 24.8. The summed E-state index contributed by atoms with van der Waals surface area (Å²) in [6, 6.07) is 7.41. The van der Waals surface area contributed by atoms with Crippen molar-refractivity contribution >= 4 is 0 Å². The zero-order valence-corrected chi connectivity index (χ0v) is 10.6. The molecule has 0 spiro atoms. The van der Waals surface area contributed by atoms with Crippen molar-refractivity contribution in [2.75, 3.05) is 13.1 Å². The van der Waals surface area contributed by atoms with Crippen LogP contribution < -0.4 is 5.73 Å². The minimum Gasteiger partial charge on any atom is -0.328 e. The third-order valence-electron chi connectivity index (χ3n) is 3.88. The number of nitrogens with two attached hydrogens (primary N) is 1. The third-order valence-corrected chi connectivity index (χ3v) is 3.88. The van der Waals surface area contributed by atoms with E-state index in [-0.39, 0.29) is 17.9 Å². The maximum atomic E-state index is 13.2. The molecule has 3 heteroatoms. The van der Waals surface area contributed by atoms with Crippen molar-refractivity contribution in [3.63, 3.8) is 0 Å². The van der Waals surface area contributed by atoms with Crippen LogP contribution in [0.2, 0.25) is 0 Å². The molecule has 1 heterocycles. The van der Waals surface area contributed by atoms with Gasteiger partial charge in [-0.15, -0.1) is 0 Å². The minimum absolute atomic E-state index is 0.155. The second-order valence-corrected chi connectivity index (χ2v) is 5.13. The maximum Gasteiger partial charge on any atom is 0.123 e. The Morgan fingerprint density at radius 3 is 2.76 bits per heavy atom. The predicted molar refractivity (Wildman–Crippen MR) is 68.1 cm³/mol. The monoisotopic (exact) mass is 236 g/mol. The Balaban J connectivity index is 2.04. The van der Waals surface area contributed by atoms with E-state index in [0.29, 0.717) is 5.92 Å². The highest BCUT2D eigenvalue weighted by Crippen LogP contribution is 2.28. The van der Waals surface area contributed by atoms with Crippen LogP contribution in [-0.4, -0.2) is 24.0 Å². The summed E-state index contributed by atoms with van der Waals surface area (Å²) in [7, 11) is 0. The quantitative estimate of drug-likeness (QED) is 0.874. The molecule has 3 atom stereocenters. The van der Waals surface area contributed by atoms with Gasteiger partial charge in [-0.2, -0.15) is 0 Å². The molecule has 94 valence electrons. The van der Waals surface area contributed by atoms with Crippen molar-refractivity contribution in [3.8, 4) is 0 Å². The number of hydrogen-bond donors (Lipinski definition) is 1. The van der Waals surface area contributed by atoms with Crippen molar-refractivity contribution in [1.29, 1.82) is 0 Å². The molecule has 1 aliphatic heterocycles. The molecule has 0 saturated carbocycles. The van der Waals surface area contributed by atoms with Crippen molar-refractivity contribution < 1.29 is 4.39 Å². The molecule has 1 saturated heterocycles. The number of benzene rings is 1. The van der Waals surface area contributed by atoms with Crippen LogP contribution in [0.3, 0.4) is 0 Å². The number of halogens is 1. The Morgan fingerprint density at radius 1 is 1.41 bits per heavy atom. The Kier molecular flexibility index (Phi) is 3.79.